The van der Waals surface area contributed by atoms with E-state index in [4.69, 9.17) is 0 Å². The Bertz CT molecular complexity index is 888. The summed E-state index contributed by atoms with van der Waals surface area (Å²) < 4.78 is 0. The van der Waals surface area contributed by atoms with Crippen LogP contribution in [0.2, 0.25) is 0 Å². The van der Waals surface area contributed by atoms with Gasteiger partial charge in [-0.05, 0) is 42.2 Å². The molecule has 0 aliphatic heterocycles. The smallest absolute Gasteiger partial charge is 0.231 e. The molecule has 0 fully saturated rings. The molecule has 1 unspecified atom stereocenters. The molecule has 1 N–H and O–H groups in total. The zero-order chi connectivity index (χ0) is 21.2. The Morgan fingerprint density at radius 2 is 1.27 bits per heavy atom. The molecule has 0 bridgehead atoms. The molecule has 4 heteroatoms. The number of hydrogen-bond donors (Lipinski definition) is 1. The largest absolute Gasteiger partial charge is 0.356 e. The first-order valence-electron chi connectivity index (χ1n) is 10.4. The van der Waals surface area contributed by atoms with Gasteiger partial charge < -0.3 is 5.32 Å². The van der Waals surface area contributed by atoms with Crippen molar-refractivity contribution in [3.8, 4) is 0 Å². The molecule has 0 aliphatic carbocycles. The second kappa shape index (κ2) is 11.0. The number of nitrogens with one attached hydrogen (secondary N) is 1. The van der Waals surface area contributed by atoms with Gasteiger partial charge in [0.1, 0.15) is 0 Å². The fourth-order valence-corrected chi connectivity index (χ4v) is 3.43. The average Bonchev–Trinajstić information content (AvgIpc) is 2.76. The van der Waals surface area contributed by atoms with Crippen LogP contribution in [0.1, 0.15) is 25.3 Å². The van der Waals surface area contributed by atoms with E-state index in [1.54, 1.807) is 4.90 Å². The van der Waals surface area contributed by atoms with Gasteiger partial charge in [-0.2, -0.15) is 0 Å². The molecule has 0 heterocycles. The number of carbonyl (C=O) groups is 2. The lowest BCUT2D eigenvalue weighted by molar-refractivity contribution is -0.122. The first kappa shape index (κ1) is 21.3. The summed E-state index contributed by atoms with van der Waals surface area (Å²) in [5.74, 6) is -0.0849. The standard InChI is InChI=1S/C26H28N2O2/c1-21(19-25(29)27-18-17-22-11-5-2-6-12-22)20-26(30)28(23-13-7-3-8-14-23)24-15-9-4-10-16-24/h2-16,21H,17-20H2,1H3,(H,27,29). The fourth-order valence-electron chi connectivity index (χ4n) is 3.43. The summed E-state index contributed by atoms with van der Waals surface area (Å²) in [7, 11) is 0. The van der Waals surface area contributed by atoms with Crippen molar-refractivity contribution < 1.29 is 9.59 Å². The molecule has 3 aromatic rings. The molecule has 2 amide bonds. The van der Waals surface area contributed by atoms with Crippen molar-refractivity contribution in [1.29, 1.82) is 0 Å². The highest BCUT2D eigenvalue weighted by atomic mass is 16.2. The van der Waals surface area contributed by atoms with Gasteiger partial charge in [0, 0.05) is 30.8 Å². The summed E-state index contributed by atoms with van der Waals surface area (Å²) in [6.07, 6.45) is 1.43. The van der Waals surface area contributed by atoms with E-state index in [1.165, 1.54) is 5.56 Å². The van der Waals surface area contributed by atoms with E-state index < -0.39 is 0 Å². The molecule has 0 aromatic heterocycles. The third kappa shape index (κ3) is 6.31. The van der Waals surface area contributed by atoms with Crippen LogP contribution in [0, 0.1) is 5.92 Å². The zero-order valence-electron chi connectivity index (χ0n) is 17.3. The van der Waals surface area contributed by atoms with Gasteiger partial charge in [-0.25, -0.2) is 0 Å². The molecule has 0 saturated heterocycles. The predicted octanol–water partition coefficient (Wildman–Crippen LogP) is 5.13. The van der Waals surface area contributed by atoms with Gasteiger partial charge in [0.05, 0.1) is 0 Å². The van der Waals surface area contributed by atoms with E-state index in [1.807, 2.05) is 85.8 Å². The third-order valence-electron chi connectivity index (χ3n) is 4.91. The number of para-hydroxylation sites is 2. The van der Waals surface area contributed by atoms with E-state index in [0.29, 0.717) is 19.4 Å². The van der Waals surface area contributed by atoms with Crippen molar-refractivity contribution in [3.63, 3.8) is 0 Å². The van der Waals surface area contributed by atoms with Crippen LogP contribution in [-0.4, -0.2) is 18.4 Å². The number of benzene rings is 3. The minimum Gasteiger partial charge on any atom is -0.356 e. The van der Waals surface area contributed by atoms with Crippen molar-refractivity contribution >= 4 is 23.2 Å². The van der Waals surface area contributed by atoms with E-state index in [-0.39, 0.29) is 17.7 Å². The monoisotopic (exact) mass is 400 g/mol. The van der Waals surface area contributed by atoms with Crippen molar-refractivity contribution in [2.45, 2.75) is 26.2 Å². The van der Waals surface area contributed by atoms with Gasteiger partial charge in [-0.15, -0.1) is 0 Å². The quantitative estimate of drug-likeness (QED) is 0.541. The minimum absolute atomic E-state index is 0.0165. The van der Waals surface area contributed by atoms with Crippen LogP contribution in [0.15, 0.2) is 91.0 Å². The Morgan fingerprint density at radius 1 is 0.767 bits per heavy atom. The van der Waals surface area contributed by atoms with Crippen LogP contribution < -0.4 is 10.2 Å². The summed E-state index contributed by atoms with van der Waals surface area (Å²) in [6, 6.07) is 29.3. The van der Waals surface area contributed by atoms with Crippen LogP contribution >= 0.6 is 0 Å². The predicted molar refractivity (Wildman–Crippen MR) is 122 cm³/mol. The molecule has 154 valence electrons. The average molecular weight is 401 g/mol. The van der Waals surface area contributed by atoms with E-state index in [0.717, 1.165) is 17.8 Å². The Hall–Kier alpha value is -3.40. The van der Waals surface area contributed by atoms with Crippen molar-refractivity contribution in [2.75, 3.05) is 11.4 Å². The molecule has 3 rings (SSSR count). The van der Waals surface area contributed by atoms with Gasteiger partial charge >= 0.3 is 0 Å². The molecular weight excluding hydrogens is 372 g/mol. The maximum absolute atomic E-state index is 13.1. The van der Waals surface area contributed by atoms with E-state index >= 15 is 0 Å². The van der Waals surface area contributed by atoms with Gasteiger partial charge in [0.15, 0.2) is 0 Å². The van der Waals surface area contributed by atoms with Crippen molar-refractivity contribution in [3.05, 3.63) is 96.6 Å². The second-order valence-corrected chi connectivity index (χ2v) is 7.50. The highest BCUT2D eigenvalue weighted by Gasteiger charge is 2.21. The Kier molecular flexibility index (Phi) is 7.78. The summed E-state index contributed by atoms with van der Waals surface area (Å²) in [5.41, 5.74) is 2.85. The summed E-state index contributed by atoms with van der Waals surface area (Å²) in [4.78, 5) is 27.2. The van der Waals surface area contributed by atoms with E-state index in [2.05, 4.69) is 17.4 Å². The summed E-state index contributed by atoms with van der Waals surface area (Å²) >= 11 is 0. The highest BCUT2D eigenvalue weighted by molar-refractivity contribution is 6.00. The highest BCUT2D eigenvalue weighted by Crippen LogP contribution is 2.27. The van der Waals surface area contributed by atoms with Gasteiger partial charge in [-0.1, -0.05) is 73.7 Å². The van der Waals surface area contributed by atoms with Gasteiger partial charge in [0.2, 0.25) is 11.8 Å². The first-order chi connectivity index (χ1) is 14.6. The molecular formula is C26H28N2O2. The normalized spacial score (nSPS) is 11.5. The minimum atomic E-state index is -0.0517. The number of amides is 2. The SMILES string of the molecule is CC(CC(=O)NCCc1ccccc1)CC(=O)N(c1ccccc1)c1ccccc1. The molecule has 30 heavy (non-hydrogen) atoms. The van der Waals surface area contributed by atoms with Crippen LogP contribution in [0.3, 0.4) is 0 Å². The maximum Gasteiger partial charge on any atom is 0.231 e. The van der Waals surface area contributed by atoms with E-state index in [9.17, 15) is 9.59 Å². The second-order valence-electron chi connectivity index (χ2n) is 7.50. The van der Waals surface area contributed by atoms with Gasteiger partial charge in [-0.3, -0.25) is 14.5 Å². The van der Waals surface area contributed by atoms with Gasteiger partial charge in [0.25, 0.3) is 0 Å². The molecule has 4 nitrogen and oxygen atoms in total. The lowest BCUT2D eigenvalue weighted by Crippen LogP contribution is -2.30. The Balaban J connectivity index is 1.55. The molecule has 0 saturated carbocycles. The van der Waals surface area contributed by atoms with Crippen LogP contribution in [0.5, 0.6) is 0 Å². The zero-order valence-corrected chi connectivity index (χ0v) is 17.3. The van der Waals surface area contributed by atoms with Crippen LogP contribution in [0.25, 0.3) is 0 Å². The number of rotatable bonds is 9. The number of nitrogens with zero attached hydrogens (tertiary/aromatic N) is 1. The Morgan fingerprint density at radius 3 is 1.80 bits per heavy atom. The summed E-state index contributed by atoms with van der Waals surface area (Å²) in [5, 5.41) is 2.96. The van der Waals surface area contributed by atoms with Crippen LogP contribution in [-0.2, 0) is 16.0 Å². The number of carbonyl (C=O) groups excluding carboxylic acids is 2. The van der Waals surface area contributed by atoms with Crippen LogP contribution in [0.4, 0.5) is 11.4 Å². The first-order valence-corrected chi connectivity index (χ1v) is 10.4. The fraction of sp³-hybridized carbons (Fsp3) is 0.231. The summed E-state index contributed by atoms with van der Waals surface area (Å²) in [6.45, 7) is 2.55. The Labute approximate surface area is 178 Å². The molecule has 0 spiro atoms. The lowest BCUT2D eigenvalue weighted by Gasteiger charge is -2.24. The maximum atomic E-state index is 13.1. The number of hydrogen-bond acceptors (Lipinski definition) is 2. The van der Waals surface area contributed by atoms with Crippen molar-refractivity contribution in [2.24, 2.45) is 5.92 Å². The molecule has 0 radical (unpaired) electrons. The lowest BCUT2D eigenvalue weighted by atomic mass is 10.0. The topological polar surface area (TPSA) is 49.4 Å². The molecule has 3 aromatic carbocycles. The third-order valence-corrected chi connectivity index (χ3v) is 4.91. The number of anilines is 2. The molecule has 1 atom stereocenters. The molecule has 0 aliphatic rings. The van der Waals surface area contributed by atoms with Crippen molar-refractivity contribution in [1.82, 2.24) is 5.32 Å².